The predicted molar refractivity (Wildman–Crippen MR) is 79.3 cm³/mol. The van der Waals surface area contributed by atoms with Crippen LogP contribution in [0, 0.1) is 0 Å². The zero-order valence-electron chi connectivity index (χ0n) is 10.1. The van der Waals surface area contributed by atoms with Gasteiger partial charge < -0.3 is 9.84 Å². The average Bonchev–Trinajstić information content (AvgIpc) is 2.88. The van der Waals surface area contributed by atoms with Gasteiger partial charge in [0.15, 0.2) is 0 Å². The minimum atomic E-state index is 0.272. The summed E-state index contributed by atoms with van der Waals surface area (Å²) in [6.07, 6.45) is 1.61. The number of halogens is 2. The summed E-state index contributed by atoms with van der Waals surface area (Å²) in [7, 11) is 0. The van der Waals surface area contributed by atoms with Crippen molar-refractivity contribution in [2.75, 3.05) is 6.61 Å². The summed E-state index contributed by atoms with van der Waals surface area (Å²) in [4.78, 5) is 0. The van der Waals surface area contributed by atoms with Gasteiger partial charge in [0.05, 0.1) is 11.6 Å². The molecule has 0 bridgehead atoms. The van der Waals surface area contributed by atoms with Crippen molar-refractivity contribution in [2.24, 2.45) is 0 Å². The topological polar surface area (TPSA) is 29.5 Å². The molecule has 2 aromatic carbocycles. The van der Waals surface area contributed by atoms with Gasteiger partial charge in [-0.05, 0) is 35.7 Å². The predicted octanol–water partition coefficient (Wildman–Crippen LogP) is 4.33. The monoisotopic (exact) mass is 338 g/mol. The van der Waals surface area contributed by atoms with E-state index in [1.807, 2.05) is 12.1 Å². The highest BCUT2D eigenvalue weighted by atomic mass is 79.9. The number of hydrogen-bond donors (Lipinski definition) is 1. The minimum Gasteiger partial charge on any atom is -0.508 e. The Kier molecular flexibility index (Phi) is 3.42. The van der Waals surface area contributed by atoms with Crippen LogP contribution in [0.2, 0.25) is 5.02 Å². The number of phenolic OH excluding ortho intramolecular Hbond substituents is 1. The van der Waals surface area contributed by atoms with Gasteiger partial charge in [-0.3, -0.25) is 0 Å². The van der Waals surface area contributed by atoms with Gasteiger partial charge in [0.2, 0.25) is 0 Å². The van der Waals surface area contributed by atoms with Crippen molar-refractivity contribution in [2.45, 2.75) is 12.8 Å². The van der Waals surface area contributed by atoms with Gasteiger partial charge in [-0.15, -0.1) is 0 Å². The normalized spacial score (nSPS) is 13.2. The molecule has 3 rings (SSSR count). The van der Waals surface area contributed by atoms with Crippen LogP contribution in [0.5, 0.6) is 11.5 Å². The first kappa shape index (κ1) is 12.8. The number of hydrogen-bond acceptors (Lipinski definition) is 2. The molecule has 19 heavy (non-hydrogen) atoms. The molecule has 1 heterocycles. The van der Waals surface area contributed by atoms with E-state index >= 15 is 0 Å². The van der Waals surface area contributed by atoms with Gasteiger partial charge in [-0.1, -0.05) is 39.7 Å². The maximum absolute atomic E-state index is 9.29. The molecule has 0 unspecified atom stereocenters. The Morgan fingerprint density at radius 1 is 1.26 bits per heavy atom. The maximum atomic E-state index is 9.29. The van der Waals surface area contributed by atoms with Gasteiger partial charge in [-0.25, -0.2) is 0 Å². The zero-order chi connectivity index (χ0) is 13.4. The number of ether oxygens (including phenoxy) is 1. The third kappa shape index (κ3) is 2.45. The maximum Gasteiger partial charge on any atom is 0.142 e. The number of rotatable bonds is 2. The smallest absolute Gasteiger partial charge is 0.142 e. The van der Waals surface area contributed by atoms with Crippen LogP contribution < -0.4 is 4.74 Å². The highest BCUT2D eigenvalue weighted by Crippen LogP contribution is 2.41. The molecule has 1 aliphatic rings. The second-order valence-electron chi connectivity index (χ2n) is 4.58. The van der Waals surface area contributed by atoms with Crippen molar-refractivity contribution in [1.29, 1.82) is 0 Å². The van der Waals surface area contributed by atoms with Crippen LogP contribution in [0.3, 0.4) is 0 Å². The van der Waals surface area contributed by atoms with E-state index in [4.69, 9.17) is 16.3 Å². The first-order valence-corrected chi connectivity index (χ1v) is 7.22. The van der Waals surface area contributed by atoms with Crippen LogP contribution in [0.1, 0.15) is 16.7 Å². The van der Waals surface area contributed by atoms with Gasteiger partial charge in [0.25, 0.3) is 0 Å². The quantitative estimate of drug-likeness (QED) is 0.882. The second kappa shape index (κ2) is 5.06. The summed E-state index contributed by atoms with van der Waals surface area (Å²) >= 11 is 9.99. The molecule has 98 valence electrons. The SMILES string of the molecule is Oc1ccc(Cc2cc(Br)c3c(c2Cl)OCC3)cc1. The lowest BCUT2D eigenvalue weighted by molar-refractivity contribution is 0.356. The van der Waals surface area contributed by atoms with Crippen molar-refractivity contribution in [3.63, 3.8) is 0 Å². The molecular formula is C15H12BrClO2. The van der Waals surface area contributed by atoms with E-state index in [-0.39, 0.29) is 5.75 Å². The number of aromatic hydroxyl groups is 1. The fourth-order valence-corrected chi connectivity index (χ4v) is 3.24. The Hall–Kier alpha value is -1.19. The summed E-state index contributed by atoms with van der Waals surface area (Å²) in [5.74, 6) is 1.08. The van der Waals surface area contributed by atoms with Gasteiger partial charge in [-0.2, -0.15) is 0 Å². The second-order valence-corrected chi connectivity index (χ2v) is 5.81. The lowest BCUT2D eigenvalue weighted by atomic mass is 10.0. The van der Waals surface area contributed by atoms with E-state index in [9.17, 15) is 5.11 Å². The Morgan fingerprint density at radius 2 is 2.00 bits per heavy atom. The third-order valence-electron chi connectivity index (χ3n) is 3.27. The number of benzene rings is 2. The fraction of sp³-hybridized carbons (Fsp3) is 0.200. The van der Waals surface area contributed by atoms with Crippen molar-refractivity contribution < 1.29 is 9.84 Å². The third-order valence-corrected chi connectivity index (χ3v) is 4.40. The highest BCUT2D eigenvalue weighted by molar-refractivity contribution is 9.10. The molecule has 0 saturated heterocycles. The highest BCUT2D eigenvalue weighted by Gasteiger charge is 2.21. The molecule has 0 aromatic heterocycles. The van der Waals surface area contributed by atoms with E-state index in [1.165, 1.54) is 0 Å². The van der Waals surface area contributed by atoms with Crippen LogP contribution in [-0.2, 0) is 12.8 Å². The zero-order valence-corrected chi connectivity index (χ0v) is 12.5. The van der Waals surface area contributed by atoms with Crippen LogP contribution in [0.25, 0.3) is 0 Å². The van der Waals surface area contributed by atoms with Crippen molar-refractivity contribution in [3.05, 3.63) is 56.5 Å². The molecule has 0 amide bonds. The molecule has 0 spiro atoms. The van der Waals surface area contributed by atoms with E-state index in [1.54, 1.807) is 12.1 Å². The van der Waals surface area contributed by atoms with E-state index in [0.29, 0.717) is 18.1 Å². The summed E-state index contributed by atoms with van der Waals surface area (Å²) in [6.45, 7) is 0.691. The molecule has 0 aliphatic carbocycles. The Morgan fingerprint density at radius 3 is 2.74 bits per heavy atom. The molecule has 2 aromatic rings. The lowest BCUT2D eigenvalue weighted by Gasteiger charge is -2.11. The molecular weight excluding hydrogens is 328 g/mol. The standard InChI is InChI=1S/C15H12BrClO2/c16-13-8-10(7-9-1-3-11(18)4-2-9)14(17)15-12(13)5-6-19-15/h1-4,8,18H,5-7H2. The van der Waals surface area contributed by atoms with Crippen LogP contribution >= 0.6 is 27.5 Å². The summed E-state index contributed by atoms with van der Waals surface area (Å²) in [5.41, 5.74) is 3.28. The van der Waals surface area contributed by atoms with Crippen molar-refractivity contribution in [1.82, 2.24) is 0 Å². The lowest BCUT2D eigenvalue weighted by Crippen LogP contribution is -1.93. The van der Waals surface area contributed by atoms with E-state index in [0.717, 1.165) is 33.3 Å². The average molecular weight is 340 g/mol. The molecule has 0 fully saturated rings. The van der Waals surface area contributed by atoms with Crippen LogP contribution in [0.4, 0.5) is 0 Å². The summed E-state index contributed by atoms with van der Waals surface area (Å²) in [5, 5.41) is 9.99. The van der Waals surface area contributed by atoms with Gasteiger partial charge in [0, 0.05) is 16.5 Å². The molecule has 0 atom stereocenters. The van der Waals surface area contributed by atoms with Crippen molar-refractivity contribution >= 4 is 27.5 Å². The first-order valence-electron chi connectivity index (χ1n) is 6.05. The molecule has 2 nitrogen and oxygen atoms in total. The Balaban J connectivity index is 1.97. The van der Waals surface area contributed by atoms with E-state index in [2.05, 4.69) is 22.0 Å². The first-order chi connectivity index (χ1) is 9.15. The summed E-state index contributed by atoms with van der Waals surface area (Å²) in [6, 6.07) is 9.22. The van der Waals surface area contributed by atoms with Crippen LogP contribution in [0.15, 0.2) is 34.8 Å². The van der Waals surface area contributed by atoms with Crippen molar-refractivity contribution in [3.8, 4) is 11.5 Å². The van der Waals surface area contributed by atoms with Gasteiger partial charge >= 0.3 is 0 Å². The minimum absolute atomic E-state index is 0.272. The Bertz CT molecular complexity index is 623. The number of phenols is 1. The number of fused-ring (bicyclic) bond motifs is 1. The van der Waals surface area contributed by atoms with E-state index < -0.39 is 0 Å². The van der Waals surface area contributed by atoms with Gasteiger partial charge in [0.1, 0.15) is 11.5 Å². The fourth-order valence-electron chi connectivity index (χ4n) is 2.29. The molecule has 1 aliphatic heterocycles. The Labute approximate surface area is 125 Å². The molecule has 4 heteroatoms. The van der Waals surface area contributed by atoms with Crippen LogP contribution in [-0.4, -0.2) is 11.7 Å². The molecule has 1 N–H and O–H groups in total. The molecule has 0 saturated carbocycles. The summed E-state index contributed by atoms with van der Waals surface area (Å²) < 4.78 is 6.66. The molecule has 0 radical (unpaired) electrons. The largest absolute Gasteiger partial charge is 0.508 e.